The fourth-order valence-electron chi connectivity index (χ4n) is 6.28. The van der Waals surface area contributed by atoms with Crippen LogP contribution >= 0.6 is 11.6 Å². The number of nitrogens with zero attached hydrogens (tertiary/aromatic N) is 6. The molecule has 1 N–H and O–H groups in total. The van der Waals surface area contributed by atoms with Crippen LogP contribution in [-0.2, 0) is 13.5 Å². The van der Waals surface area contributed by atoms with Crippen LogP contribution in [0, 0.1) is 17.7 Å². The van der Waals surface area contributed by atoms with Crippen LogP contribution in [0.3, 0.4) is 0 Å². The number of pyridine rings is 1. The number of ether oxygens (including phenoxy) is 1. The summed E-state index contributed by atoms with van der Waals surface area (Å²) in [7, 11) is 1.93. The first-order valence-corrected chi connectivity index (χ1v) is 13.9. The average molecular weight is 559 g/mol. The Balaban J connectivity index is 1.33. The van der Waals surface area contributed by atoms with Crippen LogP contribution in [0.1, 0.15) is 18.7 Å². The molecule has 2 aromatic carbocycles. The van der Waals surface area contributed by atoms with Gasteiger partial charge in [0.15, 0.2) is 5.82 Å². The maximum absolute atomic E-state index is 16.4. The zero-order valence-corrected chi connectivity index (χ0v) is 22.7. The van der Waals surface area contributed by atoms with E-state index in [1.165, 1.54) is 0 Å². The number of imidazole rings is 1. The van der Waals surface area contributed by atoms with Crippen molar-refractivity contribution >= 4 is 39.1 Å². The van der Waals surface area contributed by atoms with Crippen LogP contribution in [0.4, 0.5) is 10.2 Å². The second-order valence-corrected chi connectivity index (χ2v) is 11.2. The van der Waals surface area contributed by atoms with Crippen molar-refractivity contribution in [1.29, 1.82) is 0 Å². The average Bonchev–Trinajstić information content (AvgIpc) is 3.48. The number of halogens is 2. The highest BCUT2D eigenvalue weighted by molar-refractivity contribution is 6.36. The van der Waals surface area contributed by atoms with Crippen molar-refractivity contribution < 1.29 is 14.2 Å². The topological polar surface area (TPSA) is 89.2 Å². The van der Waals surface area contributed by atoms with E-state index in [-0.39, 0.29) is 35.8 Å². The van der Waals surface area contributed by atoms with Crippen LogP contribution in [0.2, 0.25) is 5.02 Å². The van der Waals surface area contributed by atoms with E-state index in [2.05, 4.69) is 19.9 Å². The second-order valence-electron chi connectivity index (χ2n) is 10.8. The number of aromatic nitrogens is 5. The molecule has 5 aromatic rings. The molecule has 7 rings (SSSR count). The zero-order valence-electron chi connectivity index (χ0n) is 22.0. The smallest absolute Gasteiger partial charge is 0.319 e. The van der Waals surface area contributed by atoms with Crippen molar-refractivity contribution in [2.75, 3.05) is 24.6 Å². The summed E-state index contributed by atoms with van der Waals surface area (Å²) in [6, 6.07) is 11.3. The van der Waals surface area contributed by atoms with Gasteiger partial charge >= 0.3 is 6.01 Å². The number of hydrogen-bond donors (Lipinski definition) is 1. The Morgan fingerprint density at radius 1 is 1.10 bits per heavy atom. The van der Waals surface area contributed by atoms with Crippen molar-refractivity contribution in [2.24, 2.45) is 18.9 Å². The van der Waals surface area contributed by atoms with Crippen molar-refractivity contribution in [3.63, 3.8) is 0 Å². The van der Waals surface area contributed by atoms with Crippen LogP contribution < -0.4 is 9.64 Å². The molecule has 0 spiro atoms. The van der Waals surface area contributed by atoms with Gasteiger partial charge in [-0.1, -0.05) is 41.9 Å². The molecule has 2 aliphatic rings. The van der Waals surface area contributed by atoms with Gasteiger partial charge < -0.3 is 19.3 Å². The van der Waals surface area contributed by atoms with Gasteiger partial charge in [-0.2, -0.15) is 9.97 Å². The highest BCUT2D eigenvalue weighted by Gasteiger charge is 2.40. The molecule has 40 heavy (non-hydrogen) atoms. The minimum Gasteiger partial charge on any atom is -0.463 e. The number of aliphatic hydroxyl groups excluding tert-OH is 1. The van der Waals surface area contributed by atoms with Crippen LogP contribution in [0.25, 0.3) is 32.9 Å². The third-order valence-electron chi connectivity index (χ3n) is 8.22. The molecule has 4 heterocycles. The first-order valence-electron chi connectivity index (χ1n) is 13.5. The third-order valence-corrected chi connectivity index (χ3v) is 8.53. The molecule has 1 aliphatic carbocycles. The molecule has 1 aliphatic heterocycles. The predicted molar refractivity (Wildman–Crippen MR) is 152 cm³/mol. The van der Waals surface area contributed by atoms with Crippen LogP contribution in [0.5, 0.6) is 6.01 Å². The number of fused-ring (bicyclic) bond motifs is 4. The van der Waals surface area contributed by atoms with Gasteiger partial charge in [-0.25, -0.2) is 9.37 Å². The summed E-state index contributed by atoms with van der Waals surface area (Å²) in [6.45, 7) is 1.66. The minimum absolute atomic E-state index is 0.0992. The molecule has 2 bridgehead atoms. The predicted octanol–water partition coefficient (Wildman–Crippen LogP) is 5.20. The summed E-state index contributed by atoms with van der Waals surface area (Å²) in [6.07, 6.45) is 7.25. The quantitative estimate of drug-likeness (QED) is 0.306. The van der Waals surface area contributed by atoms with Gasteiger partial charge in [0.2, 0.25) is 0 Å². The lowest BCUT2D eigenvalue weighted by molar-refractivity contribution is 0.137. The van der Waals surface area contributed by atoms with Gasteiger partial charge in [-0.3, -0.25) is 4.98 Å². The van der Waals surface area contributed by atoms with E-state index in [1.807, 2.05) is 48.1 Å². The summed E-state index contributed by atoms with van der Waals surface area (Å²) < 4.78 is 24.4. The number of hydrogen-bond acceptors (Lipinski definition) is 7. The summed E-state index contributed by atoms with van der Waals surface area (Å²) in [5, 5.41) is 13.2. The molecular formula is C30H28ClFN6O2. The maximum Gasteiger partial charge on any atom is 0.319 e. The van der Waals surface area contributed by atoms with Gasteiger partial charge in [0.05, 0.1) is 18.1 Å². The minimum atomic E-state index is -0.553. The number of benzene rings is 2. The Bertz CT molecular complexity index is 1740. The largest absolute Gasteiger partial charge is 0.463 e. The lowest BCUT2D eigenvalue weighted by Gasteiger charge is -2.33. The monoisotopic (exact) mass is 558 g/mol. The van der Waals surface area contributed by atoms with Gasteiger partial charge in [0.1, 0.15) is 22.9 Å². The zero-order chi connectivity index (χ0) is 27.4. The van der Waals surface area contributed by atoms with E-state index in [0.29, 0.717) is 40.7 Å². The molecule has 3 atom stereocenters. The van der Waals surface area contributed by atoms with E-state index < -0.39 is 5.82 Å². The molecule has 0 unspecified atom stereocenters. The molecule has 1 saturated heterocycles. The Morgan fingerprint density at radius 3 is 2.75 bits per heavy atom. The van der Waals surface area contributed by atoms with E-state index >= 15 is 4.39 Å². The molecule has 10 heteroatoms. The van der Waals surface area contributed by atoms with Crippen molar-refractivity contribution in [2.45, 2.75) is 25.4 Å². The Kier molecular flexibility index (Phi) is 6.28. The lowest BCUT2D eigenvalue weighted by Crippen LogP contribution is -2.38. The standard InChI is InChI=1S/C30H28ClFN6O2/c1-37-10-9-33-24(37)8-11-40-30-35-28-21(29(36-30)38-15-17-12-19(16-38)23(39)13-17)14-34-27(26(28)32)20-6-2-4-18-5-3-7-22(31)25(18)20/h2-7,9-10,14,17,19,23,39H,8,11-13,15-16H2,1H3/t17-,19-,23-/m1/s1. The summed E-state index contributed by atoms with van der Waals surface area (Å²) in [5.41, 5.74) is 0.910. The van der Waals surface area contributed by atoms with Crippen molar-refractivity contribution in [1.82, 2.24) is 24.5 Å². The van der Waals surface area contributed by atoms with Gasteiger partial charge in [0.25, 0.3) is 0 Å². The molecule has 8 nitrogen and oxygen atoms in total. The number of aryl methyl sites for hydroxylation is 1. The molecular weight excluding hydrogens is 531 g/mol. The van der Waals surface area contributed by atoms with Crippen molar-refractivity contribution in [3.8, 4) is 17.3 Å². The fourth-order valence-corrected chi connectivity index (χ4v) is 6.57. The first kappa shape index (κ1) is 25.2. The summed E-state index contributed by atoms with van der Waals surface area (Å²) in [5.74, 6) is 1.42. The number of anilines is 1. The highest BCUT2D eigenvalue weighted by atomic mass is 35.5. The molecule has 204 valence electrons. The Hall–Kier alpha value is -3.82. The van der Waals surface area contributed by atoms with Gasteiger partial charge in [-0.15, -0.1) is 0 Å². The van der Waals surface area contributed by atoms with E-state index in [4.69, 9.17) is 21.3 Å². The van der Waals surface area contributed by atoms with Gasteiger partial charge in [-0.05, 0) is 30.2 Å². The Labute approximate surface area is 235 Å². The SMILES string of the molecule is Cn1ccnc1CCOc1nc(N2C[C@@H]3C[C@H](C2)[C@H](O)C3)c2cnc(-c3cccc4cccc(Cl)c34)c(F)c2n1. The van der Waals surface area contributed by atoms with Crippen LogP contribution in [-0.4, -0.2) is 55.4 Å². The summed E-state index contributed by atoms with van der Waals surface area (Å²) >= 11 is 6.56. The van der Waals surface area contributed by atoms with E-state index in [1.54, 1.807) is 18.5 Å². The molecule has 1 saturated carbocycles. The summed E-state index contributed by atoms with van der Waals surface area (Å²) in [4.78, 5) is 20.3. The van der Waals surface area contributed by atoms with E-state index in [9.17, 15) is 5.11 Å². The maximum atomic E-state index is 16.4. The molecule has 2 fully saturated rings. The number of rotatable bonds is 6. The number of piperidine rings is 1. The van der Waals surface area contributed by atoms with E-state index in [0.717, 1.165) is 36.0 Å². The Morgan fingerprint density at radius 2 is 1.95 bits per heavy atom. The number of aliphatic hydroxyl groups is 1. The third kappa shape index (κ3) is 4.33. The fraction of sp³-hybridized carbons (Fsp3) is 0.333. The molecule has 0 radical (unpaired) electrons. The van der Waals surface area contributed by atoms with Crippen LogP contribution in [0.15, 0.2) is 55.0 Å². The molecule has 0 amide bonds. The highest BCUT2D eigenvalue weighted by Crippen LogP contribution is 2.41. The van der Waals surface area contributed by atoms with Crippen molar-refractivity contribution in [3.05, 3.63) is 71.7 Å². The van der Waals surface area contributed by atoms with Gasteiger partial charge in [0, 0.05) is 67.0 Å². The lowest BCUT2D eigenvalue weighted by atomic mass is 9.98. The molecule has 3 aromatic heterocycles. The normalized spacial score (nSPS) is 20.5. The second kappa shape index (κ2) is 9.98. The first-order chi connectivity index (χ1) is 19.5.